The van der Waals surface area contributed by atoms with E-state index in [1.807, 2.05) is 6.92 Å². The first-order valence-corrected chi connectivity index (χ1v) is 8.20. The smallest absolute Gasteiger partial charge is 0.321 e. The highest BCUT2D eigenvalue weighted by atomic mass is 16.5. The van der Waals surface area contributed by atoms with E-state index in [4.69, 9.17) is 10.3 Å². The van der Waals surface area contributed by atoms with Gasteiger partial charge < -0.3 is 20.5 Å². The summed E-state index contributed by atoms with van der Waals surface area (Å²) in [6.45, 7) is 4.81. The number of piperidine rings is 1. The molecular weight excluding hydrogens is 322 g/mol. The SMILES string of the molecule is Cc1noc([C@@H]2CCCN(C(=O)Nc3cc(C(N)=O)ccc3C)C2)n1. The highest BCUT2D eigenvalue weighted by Gasteiger charge is 2.28. The Hall–Kier alpha value is -2.90. The van der Waals surface area contributed by atoms with Crippen LogP contribution in [0, 0.1) is 13.8 Å². The Morgan fingerprint density at radius 3 is 2.84 bits per heavy atom. The minimum absolute atomic E-state index is 0.0405. The van der Waals surface area contributed by atoms with Crippen LogP contribution in [0.15, 0.2) is 22.7 Å². The van der Waals surface area contributed by atoms with Gasteiger partial charge in [-0.1, -0.05) is 11.2 Å². The van der Waals surface area contributed by atoms with E-state index in [-0.39, 0.29) is 11.9 Å². The van der Waals surface area contributed by atoms with Gasteiger partial charge in [-0.05, 0) is 44.4 Å². The average molecular weight is 343 g/mol. The summed E-state index contributed by atoms with van der Waals surface area (Å²) in [5, 5.41) is 6.68. The van der Waals surface area contributed by atoms with Gasteiger partial charge in [0.2, 0.25) is 11.8 Å². The third-order valence-corrected chi connectivity index (χ3v) is 4.36. The van der Waals surface area contributed by atoms with Crippen LogP contribution >= 0.6 is 0 Å². The maximum absolute atomic E-state index is 12.6. The molecule has 1 aromatic heterocycles. The number of rotatable bonds is 3. The summed E-state index contributed by atoms with van der Waals surface area (Å²) in [6.07, 6.45) is 1.77. The molecule has 0 bridgehead atoms. The number of aromatic nitrogens is 2. The van der Waals surface area contributed by atoms with Crippen molar-refractivity contribution in [2.45, 2.75) is 32.6 Å². The van der Waals surface area contributed by atoms with Crippen molar-refractivity contribution < 1.29 is 14.1 Å². The van der Waals surface area contributed by atoms with E-state index in [2.05, 4.69) is 15.5 Å². The highest BCUT2D eigenvalue weighted by Crippen LogP contribution is 2.26. The van der Waals surface area contributed by atoms with Gasteiger partial charge in [0, 0.05) is 24.3 Å². The van der Waals surface area contributed by atoms with Crippen LogP contribution in [0.4, 0.5) is 10.5 Å². The molecule has 1 fully saturated rings. The molecule has 0 aliphatic carbocycles. The summed E-state index contributed by atoms with van der Waals surface area (Å²) in [6, 6.07) is 4.78. The van der Waals surface area contributed by atoms with Gasteiger partial charge in [-0.2, -0.15) is 4.98 Å². The molecule has 1 saturated heterocycles. The lowest BCUT2D eigenvalue weighted by atomic mass is 9.98. The van der Waals surface area contributed by atoms with E-state index in [1.165, 1.54) is 0 Å². The van der Waals surface area contributed by atoms with Gasteiger partial charge in [0.1, 0.15) is 0 Å². The molecule has 132 valence electrons. The topological polar surface area (TPSA) is 114 Å². The molecule has 1 aromatic carbocycles. The fraction of sp³-hybridized carbons (Fsp3) is 0.412. The highest BCUT2D eigenvalue weighted by molar-refractivity contribution is 5.96. The van der Waals surface area contributed by atoms with Crippen LogP contribution < -0.4 is 11.1 Å². The lowest BCUT2D eigenvalue weighted by Gasteiger charge is -2.31. The molecule has 0 radical (unpaired) electrons. The summed E-state index contributed by atoms with van der Waals surface area (Å²) < 4.78 is 5.24. The first-order chi connectivity index (χ1) is 11.9. The summed E-state index contributed by atoms with van der Waals surface area (Å²) >= 11 is 0. The number of nitrogens with one attached hydrogen (secondary N) is 1. The van der Waals surface area contributed by atoms with Gasteiger partial charge in [-0.3, -0.25) is 4.79 Å². The lowest BCUT2D eigenvalue weighted by Crippen LogP contribution is -2.41. The Bertz CT molecular complexity index is 801. The van der Waals surface area contributed by atoms with Crippen molar-refractivity contribution in [1.82, 2.24) is 15.0 Å². The minimum Gasteiger partial charge on any atom is -0.366 e. The van der Waals surface area contributed by atoms with Crippen molar-refractivity contribution in [3.63, 3.8) is 0 Å². The summed E-state index contributed by atoms with van der Waals surface area (Å²) in [7, 11) is 0. The van der Waals surface area contributed by atoms with Crippen LogP contribution in [-0.4, -0.2) is 40.1 Å². The number of amides is 3. The second kappa shape index (κ2) is 6.92. The number of hydrogen-bond donors (Lipinski definition) is 2. The number of urea groups is 1. The van der Waals surface area contributed by atoms with Crippen LogP contribution in [0.1, 0.15) is 46.4 Å². The molecule has 1 atom stereocenters. The van der Waals surface area contributed by atoms with E-state index < -0.39 is 5.91 Å². The largest absolute Gasteiger partial charge is 0.366 e. The molecule has 8 heteroatoms. The number of anilines is 1. The fourth-order valence-electron chi connectivity index (χ4n) is 2.95. The number of hydrogen-bond acceptors (Lipinski definition) is 5. The Morgan fingerprint density at radius 1 is 1.36 bits per heavy atom. The second-order valence-corrected chi connectivity index (χ2v) is 6.29. The van der Waals surface area contributed by atoms with Crippen molar-refractivity contribution in [3.05, 3.63) is 41.0 Å². The van der Waals surface area contributed by atoms with Gasteiger partial charge in [-0.25, -0.2) is 4.79 Å². The van der Waals surface area contributed by atoms with Crippen LogP contribution in [-0.2, 0) is 0 Å². The maximum Gasteiger partial charge on any atom is 0.321 e. The predicted molar refractivity (Wildman–Crippen MR) is 91.3 cm³/mol. The number of nitrogens with two attached hydrogens (primary N) is 1. The number of nitrogens with zero attached hydrogens (tertiary/aromatic N) is 3. The molecule has 0 unspecified atom stereocenters. The third kappa shape index (κ3) is 3.78. The van der Waals surface area contributed by atoms with Crippen LogP contribution in [0.5, 0.6) is 0 Å². The van der Waals surface area contributed by atoms with Crippen molar-refractivity contribution >= 4 is 17.6 Å². The molecular formula is C17H21N5O3. The van der Waals surface area contributed by atoms with Crippen LogP contribution in [0.2, 0.25) is 0 Å². The average Bonchev–Trinajstić information content (AvgIpc) is 3.03. The maximum atomic E-state index is 12.6. The van der Waals surface area contributed by atoms with Crippen molar-refractivity contribution in [3.8, 4) is 0 Å². The van der Waals surface area contributed by atoms with E-state index in [0.29, 0.717) is 36.1 Å². The Kier molecular flexibility index (Phi) is 4.69. The fourth-order valence-corrected chi connectivity index (χ4v) is 2.95. The molecule has 3 N–H and O–H groups in total. The monoisotopic (exact) mass is 343 g/mol. The van der Waals surface area contributed by atoms with E-state index in [1.54, 1.807) is 30.0 Å². The van der Waals surface area contributed by atoms with Crippen LogP contribution in [0.25, 0.3) is 0 Å². The Labute approximate surface area is 145 Å². The molecule has 2 heterocycles. The molecule has 1 aliphatic rings. The summed E-state index contributed by atoms with van der Waals surface area (Å²) in [5.41, 5.74) is 7.11. The van der Waals surface area contributed by atoms with Gasteiger partial charge in [-0.15, -0.1) is 0 Å². The summed E-state index contributed by atoms with van der Waals surface area (Å²) in [4.78, 5) is 29.9. The number of carbonyl (C=O) groups excluding carboxylic acids is 2. The molecule has 2 aromatic rings. The first kappa shape index (κ1) is 16.9. The van der Waals surface area contributed by atoms with Crippen molar-refractivity contribution in [2.24, 2.45) is 5.73 Å². The minimum atomic E-state index is -0.528. The molecule has 8 nitrogen and oxygen atoms in total. The van der Waals surface area contributed by atoms with Gasteiger partial charge in [0.15, 0.2) is 5.82 Å². The zero-order chi connectivity index (χ0) is 18.0. The number of likely N-dealkylation sites (tertiary alicyclic amines) is 1. The Balaban J connectivity index is 1.70. The molecule has 3 rings (SSSR count). The molecule has 25 heavy (non-hydrogen) atoms. The molecule has 0 spiro atoms. The molecule has 0 saturated carbocycles. The Morgan fingerprint density at radius 2 is 2.16 bits per heavy atom. The van der Waals surface area contributed by atoms with Crippen molar-refractivity contribution in [1.29, 1.82) is 0 Å². The van der Waals surface area contributed by atoms with Gasteiger partial charge in [0.05, 0.1) is 5.92 Å². The zero-order valence-corrected chi connectivity index (χ0v) is 14.3. The standard InChI is InChI=1S/C17H21N5O3/c1-10-5-6-12(15(18)23)8-14(10)20-17(24)22-7-3-4-13(9-22)16-19-11(2)21-25-16/h5-6,8,13H,3-4,7,9H2,1-2H3,(H2,18,23)(H,20,24)/t13-/m1/s1. The number of benzene rings is 1. The summed E-state index contributed by atoms with van der Waals surface area (Å²) in [5.74, 6) is 0.677. The number of primary amides is 1. The van der Waals surface area contributed by atoms with Crippen molar-refractivity contribution in [2.75, 3.05) is 18.4 Å². The number of carbonyl (C=O) groups is 2. The quantitative estimate of drug-likeness (QED) is 0.886. The second-order valence-electron chi connectivity index (χ2n) is 6.29. The third-order valence-electron chi connectivity index (χ3n) is 4.36. The molecule has 1 aliphatic heterocycles. The van der Waals surface area contributed by atoms with Gasteiger partial charge >= 0.3 is 6.03 Å². The normalized spacial score (nSPS) is 17.4. The zero-order valence-electron chi connectivity index (χ0n) is 14.3. The van der Waals surface area contributed by atoms with Crippen LogP contribution in [0.3, 0.4) is 0 Å². The first-order valence-electron chi connectivity index (χ1n) is 8.20. The van der Waals surface area contributed by atoms with Gasteiger partial charge in [0.25, 0.3) is 0 Å². The number of aryl methyl sites for hydroxylation is 2. The lowest BCUT2D eigenvalue weighted by molar-refractivity contribution is 0.1000. The predicted octanol–water partition coefficient (Wildman–Crippen LogP) is 2.20. The van der Waals surface area contributed by atoms with E-state index in [9.17, 15) is 9.59 Å². The molecule has 3 amide bonds. The van der Waals surface area contributed by atoms with E-state index in [0.717, 1.165) is 18.4 Å². The van der Waals surface area contributed by atoms with E-state index >= 15 is 0 Å².